The molecule has 3 rings (SSSR count). The van der Waals surface area contributed by atoms with Gasteiger partial charge in [0.15, 0.2) is 23.3 Å². The van der Waals surface area contributed by atoms with Crippen molar-refractivity contribution in [2.75, 3.05) is 0 Å². The lowest BCUT2D eigenvalue weighted by molar-refractivity contribution is -0.119. The van der Waals surface area contributed by atoms with E-state index in [1.165, 1.54) is 11.3 Å². The second-order valence-electron chi connectivity index (χ2n) is 5.32. The first-order valence-corrected chi connectivity index (χ1v) is 8.39. The van der Waals surface area contributed by atoms with Gasteiger partial charge in [0, 0.05) is 24.4 Å². The maximum atomic E-state index is 12.4. The number of hydrogen-bond donors (Lipinski definition) is 0. The van der Waals surface area contributed by atoms with E-state index < -0.39 is 5.92 Å². The van der Waals surface area contributed by atoms with Gasteiger partial charge in [-0.1, -0.05) is 30.3 Å². The highest BCUT2D eigenvalue weighted by Crippen LogP contribution is 2.22. The van der Waals surface area contributed by atoms with E-state index in [2.05, 4.69) is 21.3 Å². The molecule has 0 N–H and O–H groups in total. The molecule has 1 aromatic carbocycles. The van der Waals surface area contributed by atoms with Crippen molar-refractivity contribution in [2.24, 2.45) is 7.05 Å². The lowest BCUT2D eigenvalue weighted by Gasteiger charge is -2.08. The second kappa shape index (κ2) is 7.15. The van der Waals surface area contributed by atoms with E-state index >= 15 is 0 Å². The van der Waals surface area contributed by atoms with Crippen LogP contribution in [0.4, 0.5) is 0 Å². The molecule has 0 bridgehead atoms. The first kappa shape index (κ1) is 16.0. The Morgan fingerprint density at radius 3 is 2.79 bits per heavy atom. The number of ketones is 1. The molecule has 0 saturated heterocycles. The normalized spacial score (nSPS) is 11.8. The first-order valence-electron chi connectivity index (χ1n) is 7.45. The molecule has 0 fully saturated rings. The number of aromatic nitrogens is 4. The molecule has 0 radical (unpaired) electrons. The van der Waals surface area contributed by atoms with Crippen molar-refractivity contribution in [3.05, 3.63) is 52.7 Å². The number of benzene rings is 1. The minimum absolute atomic E-state index is 0.166. The van der Waals surface area contributed by atoms with Crippen LogP contribution < -0.4 is 0 Å². The molecular weight excluding hydrogens is 322 g/mol. The van der Waals surface area contributed by atoms with Gasteiger partial charge < -0.3 is 4.57 Å². The number of nitriles is 1. The van der Waals surface area contributed by atoms with Gasteiger partial charge in [-0.15, -0.1) is 21.5 Å². The van der Waals surface area contributed by atoms with Gasteiger partial charge in [0.25, 0.3) is 0 Å². The smallest absolute Gasteiger partial charge is 0.164 e. The van der Waals surface area contributed by atoms with Gasteiger partial charge in [-0.2, -0.15) is 5.26 Å². The highest BCUT2D eigenvalue weighted by molar-refractivity contribution is 7.07. The summed E-state index contributed by atoms with van der Waals surface area (Å²) < 4.78 is 1.71. The highest BCUT2D eigenvalue weighted by atomic mass is 32.1. The fraction of sp³-hybridized carbons (Fsp3) is 0.235. The van der Waals surface area contributed by atoms with Crippen LogP contribution in [-0.4, -0.2) is 25.5 Å². The molecule has 6 nitrogen and oxygen atoms in total. The summed E-state index contributed by atoms with van der Waals surface area (Å²) in [6.07, 6.45) is 0.791. The Morgan fingerprint density at radius 2 is 2.12 bits per heavy atom. The second-order valence-corrected chi connectivity index (χ2v) is 6.03. The van der Waals surface area contributed by atoms with Crippen LogP contribution in [0.2, 0.25) is 0 Å². The molecule has 0 saturated carbocycles. The highest BCUT2D eigenvalue weighted by Gasteiger charge is 2.26. The molecule has 24 heavy (non-hydrogen) atoms. The molecule has 1 atom stereocenters. The lowest BCUT2D eigenvalue weighted by atomic mass is 10.00. The van der Waals surface area contributed by atoms with Crippen LogP contribution in [-0.2, 0) is 18.3 Å². The Hall–Kier alpha value is -2.85. The number of thiazole rings is 1. The van der Waals surface area contributed by atoms with Crippen molar-refractivity contribution >= 4 is 17.1 Å². The van der Waals surface area contributed by atoms with Gasteiger partial charge in [0.05, 0.1) is 17.3 Å². The summed E-state index contributed by atoms with van der Waals surface area (Å²) in [7, 11) is 1.77. The Balaban J connectivity index is 1.80. The topological polar surface area (TPSA) is 84.5 Å². The minimum atomic E-state index is -0.918. The zero-order valence-electron chi connectivity index (χ0n) is 13.1. The summed E-state index contributed by atoms with van der Waals surface area (Å²) >= 11 is 1.49. The zero-order valence-corrected chi connectivity index (χ0v) is 13.9. The Bertz CT molecular complexity index is 864. The van der Waals surface area contributed by atoms with Crippen LogP contribution in [0.15, 0.2) is 41.2 Å². The molecule has 0 amide bonds. The van der Waals surface area contributed by atoms with Crippen LogP contribution in [0, 0.1) is 11.3 Å². The molecule has 7 heteroatoms. The van der Waals surface area contributed by atoms with E-state index in [0.717, 1.165) is 11.3 Å². The number of Topliss-reactive ketones (excluding diaryl/α,β-unsaturated/α-hetero) is 1. The number of rotatable bonds is 6. The number of aryl methyl sites for hydroxylation is 1. The SMILES string of the molecule is Cn1c(-c2ccccc2)nnc1C(C#N)C(=O)CCc1cscn1. The summed E-state index contributed by atoms with van der Waals surface area (Å²) in [5, 5.41) is 19.6. The number of carbonyl (C=O) groups is 1. The minimum Gasteiger partial charge on any atom is -0.313 e. The van der Waals surface area contributed by atoms with Crippen molar-refractivity contribution in [1.29, 1.82) is 5.26 Å². The van der Waals surface area contributed by atoms with E-state index in [-0.39, 0.29) is 12.2 Å². The molecule has 0 aliphatic rings. The molecular formula is C17H15N5OS. The maximum absolute atomic E-state index is 12.4. The van der Waals surface area contributed by atoms with Crippen molar-refractivity contribution in [3.8, 4) is 17.5 Å². The van der Waals surface area contributed by atoms with Crippen LogP contribution in [0.3, 0.4) is 0 Å². The molecule has 2 heterocycles. The molecule has 120 valence electrons. The molecule has 0 spiro atoms. The summed E-state index contributed by atoms with van der Waals surface area (Å²) in [5.74, 6) is -0.0722. The lowest BCUT2D eigenvalue weighted by Crippen LogP contribution is -2.16. The summed E-state index contributed by atoms with van der Waals surface area (Å²) in [5.41, 5.74) is 3.49. The Kier molecular flexibility index (Phi) is 4.77. The third-order valence-corrected chi connectivity index (χ3v) is 4.40. The standard InChI is InChI=1S/C17H15N5OS/c1-22-16(12-5-3-2-4-6-12)20-21-17(22)14(9-18)15(23)8-7-13-10-24-11-19-13/h2-6,10-11,14H,7-8H2,1H3. The van der Waals surface area contributed by atoms with Crippen molar-refractivity contribution in [2.45, 2.75) is 18.8 Å². The average molecular weight is 337 g/mol. The monoisotopic (exact) mass is 337 g/mol. The largest absolute Gasteiger partial charge is 0.313 e. The Labute approximate surface area is 143 Å². The van der Waals surface area contributed by atoms with Gasteiger partial charge >= 0.3 is 0 Å². The summed E-state index contributed by atoms with van der Waals surface area (Å²) in [6, 6.07) is 11.6. The fourth-order valence-electron chi connectivity index (χ4n) is 2.46. The van der Waals surface area contributed by atoms with E-state index in [9.17, 15) is 10.1 Å². The van der Waals surface area contributed by atoms with Crippen LogP contribution in [0.1, 0.15) is 23.9 Å². The number of nitrogens with zero attached hydrogens (tertiary/aromatic N) is 5. The molecule has 0 aliphatic heterocycles. The van der Waals surface area contributed by atoms with E-state index in [4.69, 9.17) is 0 Å². The predicted octanol–water partition coefficient (Wildman–Crippen LogP) is 2.75. The van der Waals surface area contributed by atoms with E-state index in [1.807, 2.05) is 35.7 Å². The van der Waals surface area contributed by atoms with E-state index in [0.29, 0.717) is 18.1 Å². The number of hydrogen-bond acceptors (Lipinski definition) is 6. The molecule has 2 aromatic heterocycles. The average Bonchev–Trinajstić information content (AvgIpc) is 3.25. The Morgan fingerprint density at radius 1 is 1.33 bits per heavy atom. The molecule has 1 unspecified atom stereocenters. The quantitative estimate of drug-likeness (QED) is 0.690. The predicted molar refractivity (Wildman–Crippen MR) is 90.2 cm³/mol. The first-order chi connectivity index (χ1) is 11.7. The van der Waals surface area contributed by atoms with E-state index in [1.54, 1.807) is 17.1 Å². The van der Waals surface area contributed by atoms with Crippen LogP contribution in [0.5, 0.6) is 0 Å². The van der Waals surface area contributed by atoms with Crippen molar-refractivity contribution in [3.63, 3.8) is 0 Å². The van der Waals surface area contributed by atoms with Gasteiger partial charge in [-0.3, -0.25) is 4.79 Å². The van der Waals surface area contributed by atoms with Gasteiger partial charge in [-0.05, 0) is 6.42 Å². The molecule has 3 aromatic rings. The molecule has 0 aliphatic carbocycles. The fourth-order valence-corrected chi connectivity index (χ4v) is 3.05. The van der Waals surface area contributed by atoms with Crippen molar-refractivity contribution < 1.29 is 4.79 Å². The van der Waals surface area contributed by atoms with Gasteiger partial charge in [-0.25, -0.2) is 4.98 Å². The van der Waals surface area contributed by atoms with Crippen LogP contribution in [0.25, 0.3) is 11.4 Å². The van der Waals surface area contributed by atoms with Gasteiger partial charge in [0.2, 0.25) is 0 Å². The van der Waals surface area contributed by atoms with Gasteiger partial charge in [0.1, 0.15) is 0 Å². The number of carbonyl (C=O) groups excluding carboxylic acids is 1. The maximum Gasteiger partial charge on any atom is 0.164 e. The summed E-state index contributed by atoms with van der Waals surface area (Å²) in [6.45, 7) is 0. The third-order valence-electron chi connectivity index (χ3n) is 3.76. The summed E-state index contributed by atoms with van der Waals surface area (Å²) in [4.78, 5) is 16.6. The van der Waals surface area contributed by atoms with Crippen LogP contribution >= 0.6 is 11.3 Å². The third kappa shape index (κ3) is 3.24. The zero-order chi connectivity index (χ0) is 16.9. The van der Waals surface area contributed by atoms with Crippen molar-refractivity contribution in [1.82, 2.24) is 19.7 Å².